The number of thiophene rings is 1. The fourth-order valence-corrected chi connectivity index (χ4v) is 11.1. The predicted molar refractivity (Wildman–Crippen MR) is 235 cm³/mol. The molecule has 3 heteroatoms. The average Bonchev–Trinajstić information content (AvgIpc) is 3.99. The summed E-state index contributed by atoms with van der Waals surface area (Å²) < 4.78 is 7.69. The van der Waals surface area contributed by atoms with Gasteiger partial charge in [0.2, 0.25) is 0 Å². The van der Waals surface area contributed by atoms with E-state index in [0.717, 1.165) is 5.69 Å². The third-order valence-corrected chi connectivity index (χ3v) is 13.2. The highest BCUT2D eigenvalue weighted by Crippen LogP contribution is 2.52. The summed E-state index contributed by atoms with van der Waals surface area (Å²) in [7, 11) is 0. The maximum absolute atomic E-state index is 2.53. The van der Waals surface area contributed by atoms with E-state index in [0.29, 0.717) is 0 Å². The molecule has 0 atom stereocenters. The van der Waals surface area contributed by atoms with Crippen LogP contribution in [-0.2, 0) is 0 Å². The number of para-hydroxylation sites is 3. The van der Waals surface area contributed by atoms with Gasteiger partial charge in [-0.15, -0.1) is 11.3 Å². The second kappa shape index (κ2) is 10.8. The lowest BCUT2D eigenvalue weighted by atomic mass is 9.94. The van der Waals surface area contributed by atoms with Crippen molar-refractivity contribution in [2.75, 3.05) is 0 Å². The van der Waals surface area contributed by atoms with Crippen LogP contribution in [0.2, 0.25) is 0 Å². The van der Waals surface area contributed by atoms with Crippen molar-refractivity contribution in [3.05, 3.63) is 182 Å². The van der Waals surface area contributed by atoms with Crippen molar-refractivity contribution >= 4 is 85.9 Å². The topological polar surface area (TPSA) is 9.86 Å². The molecule has 1 aliphatic rings. The van der Waals surface area contributed by atoms with E-state index in [-0.39, 0.29) is 0 Å². The number of hydrogen-bond donors (Lipinski definition) is 0. The Morgan fingerprint density at radius 1 is 0.309 bits per heavy atom. The predicted octanol–water partition coefficient (Wildman–Crippen LogP) is 14.7. The summed E-state index contributed by atoms with van der Waals surface area (Å²) in [5.74, 6) is 0. The SMILES string of the molecule is c1ccc(-n2c3ccccc3c3c4c(c5ccccc5n4-c4ccc(-c5ccc6c7c(cccc57)-c5ccccc5-6)cc4)c4sc5ccccc5c4c32)cc1. The molecule has 0 radical (unpaired) electrons. The van der Waals surface area contributed by atoms with Crippen molar-refractivity contribution in [2.45, 2.75) is 0 Å². The Hall–Kier alpha value is -6.94. The van der Waals surface area contributed by atoms with Crippen LogP contribution < -0.4 is 0 Å². The first-order valence-electron chi connectivity index (χ1n) is 18.9. The van der Waals surface area contributed by atoms with Crippen LogP contribution in [0.5, 0.6) is 0 Å². The Bertz CT molecular complexity index is 3550. The Labute approximate surface area is 320 Å². The molecule has 12 aromatic rings. The minimum Gasteiger partial charge on any atom is -0.308 e. The minimum absolute atomic E-state index is 1.16. The summed E-state index contributed by atoms with van der Waals surface area (Å²) in [4.78, 5) is 0. The first kappa shape index (κ1) is 29.5. The van der Waals surface area contributed by atoms with Gasteiger partial charge in [-0.3, -0.25) is 0 Å². The molecule has 13 rings (SSSR count). The normalized spacial score (nSPS) is 12.4. The molecule has 0 spiro atoms. The van der Waals surface area contributed by atoms with Crippen LogP contribution in [-0.4, -0.2) is 9.13 Å². The number of benzene rings is 9. The summed E-state index contributed by atoms with van der Waals surface area (Å²) in [6.45, 7) is 0. The van der Waals surface area contributed by atoms with E-state index in [2.05, 4.69) is 191 Å². The number of rotatable bonds is 3. The van der Waals surface area contributed by atoms with Gasteiger partial charge in [-0.05, 0) is 86.6 Å². The quantitative estimate of drug-likeness (QED) is 0.172. The van der Waals surface area contributed by atoms with E-state index >= 15 is 0 Å². The zero-order chi connectivity index (χ0) is 35.8. The van der Waals surface area contributed by atoms with Crippen molar-refractivity contribution in [1.82, 2.24) is 9.13 Å². The maximum atomic E-state index is 2.53. The van der Waals surface area contributed by atoms with Gasteiger partial charge in [0.15, 0.2) is 0 Å². The van der Waals surface area contributed by atoms with Crippen molar-refractivity contribution in [2.24, 2.45) is 0 Å². The molecule has 2 nitrogen and oxygen atoms in total. The fourth-order valence-electron chi connectivity index (χ4n) is 9.84. The molecule has 3 aromatic heterocycles. The van der Waals surface area contributed by atoms with Crippen molar-refractivity contribution in [1.29, 1.82) is 0 Å². The average molecular weight is 715 g/mol. The zero-order valence-electron chi connectivity index (χ0n) is 29.6. The van der Waals surface area contributed by atoms with E-state index in [4.69, 9.17) is 0 Å². The van der Waals surface area contributed by atoms with Gasteiger partial charge in [0.1, 0.15) is 0 Å². The lowest BCUT2D eigenvalue weighted by molar-refractivity contribution is 1.18. The summed E-state index contributed by atoms with van der Waals surface area (Å²) in [5, 5.41) is 10.5. The monoisotopic (exact) mass is 714 g/mol. The van der Waals surface area contributed by atoms with Gasteiger partial charge in [0.25, 0.3) is 0 Å². The Morgan fingerprint density at radius 3 is 1.55 bits per heavy atom. The molecule has 55 heavy (non-hydrogen) atoms. The molecule has 1 aliphatic carbocycles. The van der Waals surface area contributed by atoms with E-state index in [9.17, 15) is 0 Å². The van der Waals surface area contributed by atoms with Gasteiger partial charge in [0, 0.05) is 53.1 Å². The molecule has 9 aromatic carbocycles. The molecule has 0 amide bonds. The van der Waals surface area contributed by atoms with Crippen LogP contribution in [0.1, 0.15) is 0 Å². The number of aromatic nitrogens is 2. The first-order chi connectivity index (χ1) is 27.3. The molecule has 0 aliphatic heterocycles. The second-order valence-electron chi connectivity index (χ2n) is 14.8. The highest BCUT2D eigenvalue weighted by Gasteiger charge is 2.27. The van der Waals surface area contributed by atoms with Gasteiger partial charge in [-0.1, -0.05) is 140 Å². The lowest BCUT2D eigenvalue weighted by Gasteiger charge is -2.13. The molecule has 0 saturated carbocycles. The number of fused-ring (bicyclic) bond motifs is 15. The zero-order valence-corrected chi connectivity index (χ0v) is 30.4. The standard InChI is InChI=1S/C52H30N2S/c1-2-13-32(14-3-1)53-43-22-9-6-17-40(43)47-50-48(52-49(51(47)53)42-19-8-11-24-45(42)55-52)41-18-7-10-23-44(41)54(50)33-27-25-31(26-28-33)34-29-30-39-36-16-5-4-15-35(36)38-21-12-20-37(34)46(38)39/h1-30H. The Morgan fingerprint density at radius 2 is 0.818 bits per heavy atom. The fraction of sp³-hybridized carbons (Fsp3) is 0. The Balaban J connectivity index is 1.14. The van der Waals surface area contributed by atoms with Crippen molar-refractivity contribution in [3.8, 4) is 44.8 Å². The van der Waals surface area contributed by atoms with Crippen molar-refractivity contribution in [3.63, 3.8) is 0 Å². The molecule has 0 unspecified atom stereocenters. The van der Waals surface area contributed by atoms with E-state index in [1.54, 1.807) is 0 Å². The Kier molecular flexibility index (Phi) is 5.80. The highest BCUT2D eigenvalue weighted by atomic mass is 32.1. The smallest absolute Gasteiger partial charge is 0.0656 e. The summed E-state index contributed by atoms with van der Waals surface area (Å²) >= 11 is 1.92. The van der Waals surface area contributed by atoms with Gasteiger partial charge >= 0.3 is 0 Å². The molecule has 0 N–H and O–H groups in total. The second-order valence-corrected chi connectivity index (χ2v) is 15.8. The highest BCUT2D eigenvalue weighted by molar-refractivity contribution is 7.27. The molecule has 0 saturated heterocycles. The van der Waals surface area contributed by atoms with E-state index < -0.39 is 0 Å². The largest absolute Gasteiger partial charge is 0.308 e. The van der Waals surface area contributed by atoms with Crippen LogP contribution in [0, 0.1) is 0 Å². The molecule has 3 heterocycles. The van der Waals surface area contributed by atoms with Crippen LogP contribution in [0.15, 0.2) is 182 Å². The van der Waals surface area contributed by atoms with Crippen LogP contribution >= 0.6 is 11.3 Å². The van der Waals surface area contributed by atoms with Crippen LogP contribution in [0.25, 0.3) is 119 Å². The van der Waals surface area contributed by atoms with E-state index in [1.807, 2.05) is 11.3 Å². The van der Waals surface area contributed by atoms with Crippen LogP contribution in [0.4, 0.5) is 0 Å². The van der Waals surface area contributed by atoms with Crippen LogP contribution in [0.3, 0.4) is 0 Å². The van der Waals surface area contributed by atoms with Crippen molar-refractivity contribution < 1.29 is 0 Å². The van der Waals surface area contributed by atoms with Gasteiger partial charge in [-0.25, -0.2) is 0 Å². The minimum atomic E-state index is 1.16. The van der Waals surface area contributed by atoms with Gasteiger partial charge < -0.3 is 9.13 Å². The third-order valence-electron chi connectivity index (χ3n) is 12.0. The maximum Gasteiger partial charge on any atom is 0.0656 e. The lowest BCUT2D eigenvalue weighted by Crippen LogP contribution is -1.96. The van der Waals surface area contributed by atoms with Gasteiger partial charge in [0.05, 0.1) is 22.1 Å². The molecule has 0 fully saturated rings. The molecule has 254 valence electrons. The van der Waals surface area contributed by atoms with E-state index in [1.165, 1.54) is 114 Å². The summed E-state index contributed by atoms with van der Waals surface area (Å²) in [6.07, 6.45) is 0. The summed E-state index contributed by atoms with van der Waals surface area (Å²) in [5.41, 5.74) is 15.1. The number of nitrogens with zero attached hydrogens (tertiary/aromatic N) is 2. The molecule has 0 bridgehead atoms. The number of hydrogen-bond acceptors (Lipinski definition) is 1. The first-order valence-corrected chi connectivity index (χ1v) is 19.8. The summed E-state index contributed by atoms with van der Waals surface area (Å²) in [6, 6.07) is 67.3. The molecular weight excluding hydrogens is 685 g/mol. The van der Waals surface area contributed by atoms with Gasteiger partial charge in [-0.2, -0.15) is 0 Å². The molecular formula is C52H30N2S. The third kappa shape index (κ3) is 3.82.